The Balaban J connectivity index is 2.02. The van der Waals surface area contributed by atoms with Crippen LogP contribution in [0.25, 0.3) is 0 Å². The molecule has 0 unspecified atom stereocenters. The van der Waals surface area contributed by atoms with E-state index in [2.05, 4.69) is 18.7 Å². The lowest BCUT2D eigenvalue weighted by atomic mass is 10.1. The summed E-state index contributed by atoms with van der Waals surface area (Å²) in [7, 11) is 0. The Kier molecular flexibility index (Phi) is 4.62. The molecule has 3 atom stereocenters. The fraction of sp³-hybridized carbons (Fsp3) is 0.571. The molecule has 1 heterocycles. The summed E-state index contributed by atoms with van der Waals surface area (Å²) in [5.74, 6) is 0. The van der Waals surface area contributed by atoms with Crippen molar-refractivity contribution in [1.82, 2.24) is 4.90 Å². The standard InChI is InChI=1S/C14H20ClNO2/c1-10-9-18-11(2)7-16(10)8-14(17)12-5-3-4-6-13(12)15/h3-6,10-11,14,17H,7-9H2,1-2H3/t10-,11-,14-/m1/s1. The van der Waals surface area contributed by atoms with Gasteiger partial charge in [0.15, 0.2) is 0 Å². The maximum absolute atomic E-state index is 10.3. The van der Waals surface area contributed by atoms with Crippen molar-refractivity contribution in [2.24, 2.45) is 0 Å². The molecular weight excluding hydrogens is 250 g/mol. The van der Waals surface area contributed by atoms with E-state index in [9.17, 15) is 5.11 Å². The Labute approximate surface area is 113 Å². The van der Waals surface area contributed by atoms with E-state index in [-0.39, 0.29) is 6.10 Å². The number of benzene rings is 1. The van der Waals surface area contributed by atoms with E-state index in [0.29, 0.717) is 17.6 Å². The van der Waals surface area contributed by atoms with Crippen LogP contribution in [0.15, 0.2) is 24.3 Å². The molecule has 1 fully saturated rings. The third kappa shape index (κ3) is 3.23. The SMILES string of the molecule is C[C@@H]1CN(C[C@@H](O)c2ccccc2Cl)[C@H](C)CO1. The molecule has 1 aromatic carbocycles. The zero-order valence-electron chi connectivity index (χ0n) is 10.8. The van der Waals surface area contributed by atoms with E-state index >= 15 is 0 Å². The smallest absolute Gasteiger partial charge is 0.0931 e. The van der Waals surface area contributed by atoms with Gasteiger partial charge in [-0.1, -0.05) is 29.8 Å². The Hall–Kier alpha value is -0.610. The molecule has 0 aromatic heterocycles. The summed E-state index contributed by atoms with van der Waals surface area (Å²) < 4.78 is 5.58. The van der Waals surface area contributed by atoms with E-state index in [4.69, 9.17) is 16.3 Å². The normalized spacial score (nSPS) is 27.1. The third-order valence-corrected chi connectivity index (χ3v) is 3.75. The first-order chi connectivity index (χ1) is 8.58. The molecule has 1 aliphatic rings. The minimum Gasteiger partial charge on any atom is -0.387 e. The topological polar surface area (TPSA) is 32.7 Å². The molecule has 3 nitrogen and oxygen atoms in total. The van der Waals surface area contributed by atoms with Gasteiger partial charge in [-0.05, 0) is 19.9 Å². The summed E-state index contributed by atoms with van der Waals surface area (Å²) in [4.78, 5) is 2.25. The first kappa shape index (κ1) is 13.8. The highest BCUT2D eigenvalue weighted by molar-refractivity contribution is 6.31. The number of aliphatic hydroxyl groups is 1. The summed E-state index contributed by atoms with van der Waals surface area (Å²) in [5, 5.41) is 10.9. The second-order valence-corrected chi connectivity index (χ2v) is 5.39. The molecule has 0 spiro atoms. The van der Waals surface area contributed by atoms with E-state index < -0.39 is 6.10 Å². The van der Waals surface area contributed by atoms with Crippen LogP contribution in [0, 0.1) is 0 Å². The fourth-order valence-corrected chi connectivity index (χ4v) is 2.55. The minimum atomic E-state index is -0.550. The van der Waals surface area contributed by atoms with Crippen molar-refractivity contribution in [3.05, 3.63) is 34.9 Å². The van der Waals surface area contributed by atoms with Gasteiger partial charge in [0.05, 0.1) is 18.8 Å². The van der Waals surface area contributed by atoms with Crippen molar-refractivity contribution in [3.63, 3.8) is 0 Å². The summed E-state index contributed by atoms with van der Waals surface area (Å²) in [5.41, 5.74) is 0.797. The van der Waals surface area contributed by atoms with Crippen LogP contribution in [-0.2, 0) is 4.74 Å². The van der Waals surface area contributed by atoms with Crippen LogP contribution in [0.3, 0.4) is 0 Å². The van der Waals surface area contributed by atoms with Gasteiger partial charge in [0.1, 0.15) is 0 Å². The van der Waals surface area contributed by atoms with Gasteiger partial charge in [0, 0.05) is 29.7 Å². The van der Waals surface area contributed by atoms with Gasteiger partial charge in [0.2, 0.25) is 0 Å². The van der Waals surface area contributed by atoms with Gasteiger partial charge >= 0.3 is 0 Å². The summed E-state index contributed by atoms with van der Waals surface area (Å²) in [6.07, 6.45) is -0.328. The zero-order valence-corrected chi connectivity index (χ0v) is 11.6. The van der Waals surface area contributed by atoms with Crippen molar-refractivity contribution < 1.29 is 9.84 Å². The molecule has 18 heavy (non-hydrogen) atoms. The second-order valence-electron chi connectivity index (χ2n) is 4.98. The lowest BCUT2D eigenvalue weighted by Crippen LogP contribution is -2.48. The van der Waals surface area contributed by atoms with Crippen LogP contribution < -0.4 is 0 Å². The molecule has 0 saturated carbocycles. The van der Waals surface area contributed by atoms with Crippen LogP contribution in [0.2, 0.25) is 5.02 Å². The molecule has 1 aliphatic heterocycles. The maximum Gasteiger partial charge on any atom is 0.0931 e. The van der Waals surface area contributed by atoms with Gasteiger partial charge in [-0.2, -0.15) is 0 Å². The summed E-state index contributed by atoms with van der Waals surface area (Å²) >= 11 is 6.10. The number of aliphatic hydroxyl groups excluding tert-OH is 1. The molecular formula is C14H20ClNO2. The number of hydrogen-bond acceptors (Lipinski definition) is 3. The van der Waals surface area contributed by atoms with Crippen molar-refractivity contribution in [3.8, 4) is 0 Å². The maximum atomic E-state index is 10.3. The van der Waals surface area contributed by atoms with E-state index in [1.165, 1.54) is 0 Å². The zero-order chi connectivity index (χ0) is 13.1. The second kappa shape index (κ2) is 6.02. The van der Waals surface area contributed by atoms with Crippen LogP contribution in [0.4, 0.5) is 0 Å². The van der Waals surface area contributed by atoms with Crippen molar-refractivity contribution >= 4 is 11.6 Å². The molecule has 2 rings (SSSR count). The largest absolute Gasteiger partial charge is 0.387 e. The quantitative estimate of drug-likeness (QED) is 0.915. The lowest BCUT2D eigenvalue weighted by molar-refractivity contribution is -0.0619. The molecule has 1 N–H and O–H groups in total. The highest BCUT2D eigenvalue weighted by atomic mass is 35.5. The number of halogens is 1. The average molecular weight is 270 g/mol. The average Bonchev–Trinajstić information content (AvgIpc) is 2.34. The van der Waals surface area contributed by atoms with Crippen LogP contribution in [0.5, 0.6) is 0 Å². The Morgan fingerprint density at radius 2 is 2.17 bits per heavy atom. The monoisotopic (exact) mass is 269 g/mol. The lowest BCUT2D eigenvalue weighted by Gasteiger charge is -2.37. The van der Waals surface area contributed by atoms with Crippen molar-refractivity contribution in [1.29, 1.82) is 0 Å². The predicted molar refractivity (Wildman–Crippen MR) is 72.9 cm³/mol. The highest BCUT2D eigenvalue weighted by Gasteiger charge is 2.26. The fourth-order valence-electron chi connectivity index (χ4n) is 2.29. The molecule has 1 aromatic rings. The van der Waals surface area contributed by atoms with Gasteiger partial charge in [-0.15, -0.1) is 0 Å². The summed E-state index contributed by atoms with van der Waals surface area (Å²) in [6, 6.07) is 7.79. The first-order valence-electron chi connectivity index (χ1n) is 6.36. The Bertz CT molecular complexity index is 399. The van der Waals surface area contributed by atoms with E-state index in [1.54, 1.807) is 0 Å². The number of ether oxygens (including phenoxy) is 1. The van der Waals surface area contributed by atoms with Crippen molar-refractivity contribution in [2.75, 3.05) is 19.7 Å². The van der Waals surface area contributed by atoms with E-state index in [1.807, 2.05) is 24.3 Å². The highest BCUT2D eigenvalue weighted by Crippen LogP contribution is 2.24. The molecule has 0 radical (unpaired) electrons. The predicted octanol–water partition coefficient (Wildman–Crippen LogP) is 2.48. The van der Waals surface area contributed by atoms with Gasteiger partial charge in [-0.25, -0.2) is 0 Å². The molecule has 1 saturated heterocycles. The van der Waals surface area contributed by atoms with Gasteiger partial charge in [-0.3, -0.25) is 4.90 Å². The van der Waals surface area contributed by atoms with Gasteiger partial charge in [0.25, 0.3) is 0 Å². The summed E-state index contributed by atoms with van der Waals surface area (Å²) in [6.45, 7) is 6.34. The van der Waals surface area contributed by atoms with Crippen LogP contribution in [-0.4, -0.2) is 41.8 Å². The van der Waals surface area contributed by atoms with E-state index in [0.717, 1.165) is 18.7 Å². The molecule has 100 valence electrons. The number of morpholine rings is 1. The number of hydrogen-bond donors (Lipinski definition) is 1. The number of rotatable bonds is 3. The van der Waals surface area contributed by atoms with Crippen molar-refractivity contribution in [2.45, 2.75) is 32.1 Å². The van der Waals surface area contributed by atoms with Crippen LogP contribution >= 0.6 is 11.6 Å². The molecule has 4 heteroatoms. The Morgan fingerprint density at radius 1 is 1.44 bits per heavy atom. The first-order valence-corrected chi connectivity index (χ1v) is 6.74. The number of β-amino-alcohol motifs (C(OH)–C–C–N with tert-alkyl or cyclic N) is 1. The minimum absolute atomic E-state index is 0.222. The molecule has 0 aliphatic carbocycles. The number of nitrogens with zero attached hydrogens (tertiary/aromatic N) is 1. The Morgan fingerprint density at radius 3 is 2.89 bits per heavy atom. The molecule has 0 bridgehead atoms. The van der Waals surface area contributed by atoms with Crippen LogP contribution in [0.1, 0.15) is 25.5 Å². The third-order valence-electron chi connectivity index (χ3n) is 3.41. The van der Waals surface area contributed by atoms with Gasteiger partial charge < -0.3 is 9.84 Å². The molecule has 0 amide bonds.